The summed E-state index contributed by atoms with van der Waals surface area (Å²) in [6, 6.07) is 7.47. The molecule has 30 heavy (non-hydrogen) atoms. The molecule has 3 rings (SSSR count). The highest BCUT2D eigenvalue weighted by Crippen LogP contribution is 2.21. The summed E-state index contributed by atoms with van der Waals surface area (Å²) < 4.78 is 24.7. The number of nitrogens with one attached hydrogen (secondary N) is 2. The van der Waals surface area contributed by atoms with Crippen LogP contribution in [0.5, 0.6) is 0 Å². The molecule has 1 atom stereocenters. The minimum Gasteiger partial charge on any atom is -0.356 e. The van der Waals surface area contributed by atoms with Crippen LogP contribution < -0.4 is 10.6 Å². The third-order valence-corrected chi connectivity index (χ3v) is 7.26. The van der Waals surface area contributed by atoms with Gasteiger partial charge in [0.05, 0.1) is 12.2 Å². The monoisotopic (exact) mass is 436 g/mol. The van der Waals surface area contributed by atoms with E-state index in [9.17, 15) is 18.0 Å². The number of carbonyl (C=O) groups excluding carboxylic acids is 2. The van der Waals surface area contributed by atoms with Crippen molar-refractivity contribution in [3.8, 4) is 0 Å². The van der Waals surface area contributed by atoms with Crippen molar-refractivity contribution >= 4 is 27.6 Å². The van der Waals surface area contributed by atoms with Crippen LogP contribution in [0, 0.1) is 18.8 Å². The molecular formula is C21H32N4O4S. The van der Waals surface area contributed by atoms with Gasteiger partial charge >= 0.3 is 6.03 Å². The van der Waals surface area contributed by atoms with Gasteiger partial charge in [-0.2, -0.15) is 0 Å². The SMILES string of the molecule is Cc1cccc(NC(=O)N2CCCC(C(=O)NCC3CCN(S(C)(=O)=O)CC3)C2)c1. The predicted octanol–water partition coefficient (Wildman–Crippen LogP) is 2.03. The lowest BCUT2D eigenvalue weighted by molar-refractivity contribution is -0.126. The molecule has 2 aliphatic rings. The molecule has 8 nitrogen and oxygen atoms in total. The van der Waals surface area contributed by atoms with Gasteiger partial charge in [0.1, 0.15) is 0 Å². The molecule has 0 aliphatic carbocycles. The third kappa shape index (κ3) is 6.18. The zero-order chi connectivity index (χ0) is 21.7. The van der Waals surface area contributed by atoms with Crippen molar-refractivity contribution in [3.63, 3.8) is 0 Å². The molecule has 2 saturated heterocycles. The summed E-state index contributed by atoms with van der Waals surface area (Å²) in [5.41, 5.74) is 1.83. The molecule has 0 aromatic heterocycles. The van der Waals surface area contributed by atoms with Crippen LogP contribution in [-0.4, -0.2) is 68.5 Å². The first-order chi connectivity index (χ1) is 14.2. The maximum atomic E-state index is 12.7. The van der Waals surface area contributed by atoms with Gasteiger partial charge in [0.2, 0.25) is 15.9 Å². The van der Waals surface area contributed by atoms with Crippen molar-refractivity contribution in [2.24, 2.45) is 11.8 Å². The molecule has 1 unspecified atom stereocenters. The lowest BCUT2D eigenvalue weighted by Gasteiger charge is -2.33. The second kappa shape index (κ2) is 9.78. The Kier molecular flexibility index (Phi) is 7.36. The first kappa shape index (κ1) is 22.6. The van der Waals surface area contributed by atoms with Crippen LogP contribution in [-0.2, 0) is 14.8 Å². The highest BCUT2D eigenvalue weighted by molar-refractivity contribution is 7.88. The number of amides is 3. The zero-order valence-corrected chi connectivity index (χ0v) is 18.6. The minimum absolute atomic E-state index is 0.0198. The molecule has 2 aliphatic heterocycles. The van der Waals surface area contributed by atoms with Gasteiger partial charge in [0.15, 0.2) is 0 Å². The largest absolute Gasteiger partial charge is 0.356 e. The second-order valence-electron chi connectivity index (χ2n) is 8.44. The number of hydrogen-bond acceptors (Lipinski definition) is 4. The second-order valence-corrected chi connectivity index (χ2v) is 10.4. The number of benzene rings is 1. The molecular weight excluding hydrogens is 404 g/mol. The van der Waals surface area contributed by atoms with Crippen LogP contribution in [0.3, 0.4) is 0 Å². The number of rotatable bonds is 5. The average molecular weight is 437 g/mol. The third-order valence-electron chi connectivity index (χ3n) is 5.96. The Morgan fingerprint density at radius 3 is 2.53 bits per heavy atom. The van der Waals surface area contributed by atoms with Crippen molar-refractivity contribution in [3.05, 3.63) is 29.8 Å². The van der Waals surface area contributed by atoms with Gasteiger partial charge in [-0.25, -0.2) is 17.5 Å². The van der Waals surface area contributed by atoms with E-state index in [1.165, 1.54) is 10.6 Å². The van der Waals surface area contributed by atoms with E-state index in [4.69, 9.17) is 0 Å². The van der Waals surface area contributed by atoms with Crippen LogP contribution in [0.25, 0.3) is 0 Å². The summed E-state index contributed by atoms with van der Waals surface area (Å²) in [5.74, 6) is 0.0583. The maximum absolute atomic E-state index is 12.7. The fourth-order valence-corrected chi connectivity index (χ4v) is 5.01. The molecule has 166 valence electrons. The standard InChI is InChI=1S/C21H32N4O4S/c1-16-5-3-7-19(13-16)23-21(27)24-10-4-6-18(15-24)20(26)22-14-17-8-11-25(12-9-17)30(2,28)29/h3,5,7,13,17-18H,4,6,8-12,14-15H2,1-2H3,(H,22,26)(H,23,27). The van der Waals surface area contributed by atoms with Crippen LogP contribution in [0.15, 0.2) is 24.3 Å². The summed E-state index contributed by atoms with van der Waals surface area (Å²) in [5, 5.41) is 5.94. The molecule has 2 fully saturated rings. The van der Waals surface area contributed by atoms with Crippen molar-refractivity contribution < 1.29 is 18.0 Å². The number of aryl methyl sites for hydroxylation is 1. The molecule has 0 spiro atoms. The van der Waals surface area contributed by atoms with Crippen molar-refractivity contribution in [2.75, 3.05) is 44.3 Å². The molecule has 1 aromatic carbocycles. The molecule has 1 aromatic rings. The van der Waals surface area contributed by atoms with Crippen LogP contribution in [0.1, 0.15) is 31.2 Å². The van der Waals surface area contributed by atoms with E-state index in [1.54, 1.807) is 4.90 Å². The summed E-state index contributed by atoms with van der Waals surface area (Å²) in [6.07, 6.45) is 4.31. The minimum atomic E-state index is -3.13. The number of hydrogen-bond donors (Lipinski definition) is 2. The van der Waals surface area contributed by atoms with E-state index in [0.717, 1.165) is 36.9 Å². The first-order valence-corrected chi connectivity index (χ1v) is 12.4. The van der Waals surface area contributed by atoms with Gasteiger partial charge in [-0.3, -0.25) is 4.79 Å². The quantitative estimate of drug-likeness (QED) is 0.738. The van der Waals surface area contributed by atoms with Gasteiger partial charge in [-0.05, 0) is 56.2 Å². The highest BCUT2D eigenvalue weighted by atomic mass is 32.2. The number of carbonyl (C=O) groups is 2. The van der Waals surface area contributed by atoms with Gasteiger partial charge in [-0.15, -0.1) is 0 Å². The van der Waals surface area contributed by atoms with Gasteiger partial charge < -0.3 is 15.5 Å². The highest BCUT2D eigenvalue weighted by Gasteiger charge is 2.30. The summed E-state index contributed by atoms with van der Waals surface area (Å²) in [4.78, 5) is 27.0. The molecule has 0 bridgehead atoms. The zero-order valence-electron chi connectivity index (χ0n) is 17.8. The van der Waals surface area contributed by atoms with E-state index in [2.05, 4.69) is 10.6 Å². The fraction of sp³-hybridized carbons (Fsp3) is 0.619. The molecule has 2 N–H and O–H groups in total. The van der Waals surface area contributed by atoms with E-state index >= 15 is 0 Å². The average Bonchev–Trinajstić information content (AvgIpc) is 2.72. The van der Waals surface area contributed by atoms with E-state index in [1.807, 2.05) is 31.2 Å². The van der Waals surface area contributed by atoms with Crippen molar-refractivity contribution in [2.45, 2.75) is 32.6 Å². The van der Waals surface area contributed by atoms with E-state index < -0.39 is 10.0 Å². The predicted molar refractivity (Wildman–Crippen MR) is 117 cm³/mol. The summed E-state index contributed by atoms with van der Waals surface area (Å²) >= 11 is 0. The Hall–Kier alpha value is -2.13. The Balaban J connectivity index is 1.44. The molecule has 3 amide bonds. The van der Waals surface area contributed by atoms with Gasteiger partial charge in [0, 0.05) is 38.4 Å². The summed E-state index contributed by atoms with van der Waals surface area (Å²) in [7, 11) is -3.13. The lowest BCUT2D eigenvalue weighted by atomic mass is 9.95. The lowest BCUT2D eigenvalue weighted by Crippen LogP contribution is -2.48. The van der Waals surface area contributed by atoms with Crippen molar-refractivity contribution in [1.29, 1.82) is 0 Å². The number of nitrogens with zero attached hydrogens (tertiary/aromatic N) is 2. The Morgan fingerprint density at radius 2 is 1.87 bits per heavy atom. The Labute approximate surface area is 179 Å². The Bertz CT molecular complexity index is 866. The smallest absolute Gasteiger partial charge is 0.321 e. The van der Waals surface area contributed by atoms with E-state index in [-0.39, 0.29) is 23.8 Å². The number of likely N-dealkylation sites (tertiary alicyclic amines) is 1. The molecule has 9 heteroatoms. The number of piperidine rings is 2. The van der Waals surface area contributed by atoms with E-state index in [0.29, 0.717) is 32.7 Å². The van der Waals surface area contributed by atoms with Crippen LogP contribution >= 0.6 is 0 Å². The molecule has 2 heterocycles. The number of anilines is 1. The van der Waals surface area contributed by atoms with Crippen LogP contribution in [0.4, 0.5) is 10.5 Å². The van der Waals surface area contributed by atoms with Gasteiger partial charge in [-0.1, -0.05) is 12.1 Å². The molecule has 0 radical (unpaired) electrons. The maximum Gasteiger partial charge on any atom is 0.321 e. The van der Waals surface area contributed by atoms with Crippen molar-refractivity contribution in [1.82, 2.24) is 14.5 Å². The normalized spacial score (nSPS) is 21.3. The Morgan fingerprint density at radius 1 is 1.13 bits per heavy atom. The topological polar surface area (TPSA) is 98.8 Å². The van der Waals surface area contributed by atoms with Crippen LogP contribution in [0.2, 0.25) is 0 Å². The fourth-order valence-electron chi connectivity index (χ4n) is 4.14. The molecule has 0 saturated carbocycles. The number of sulfonamides is 1. The number of urea groups is 1. The van der Waals surface area contributed by atoms with Gasteiger partial charge in [0.25, 0.3) is 0 Å². The summed E-state index contributed by atoms with van der Waals surface area (Å²) in [6.45, 7) is 4.61. The first-order valence-electron chi connectivity index (χ1n) is 10.6.